The van der Waals surface area contributed by atoms with Crippen LogP contribution in [0.2, 0.25) is 10.3 Å². The van der Waals surface area contributed by atoms with Crippen LogP contribution >= 0.6 is 23.2 Å². The zero-order valence-electron chi connectivity index (χ0n) is 6.04. The van der Waals surface area contributed by atoms with Gasteiger partial charge in [-0.3, -0.25) is 0 Å². The van der Waals surface area contributed by atoms with E-state index in [9.17, 15) is 0 Å². The van der Waals surface area contributed by atoms with Gasteiger partial charge in [-0.2, -0.15) is 0 Å². The summed E-state index contributed by atoms with van der Waals surface area (Å²) in [5.74, 6) is 0. The van der Waals surface area contributed by atoms with Gasteiger partial charge in [0.05, 0.1) is 6.61 Å². The van der Waals surface area contributed by atoms with Crippen molar-refractivity contribution in [1.82, 2.24) is 10.2 Å². The Hall–Kier alpha value is -0.640. The second-order valence-electron chi connectivity index (χ2n) is 2.00. The fourth-order valence-corrected chi connectivity index (χ4v) is 0.973. The highest BCUT2D eigenvalue weighted by Crippen LogP contribution is 2.16. The van der Waals surface area contributed by atoms with Crippen molar-refractivity contribution in [3.8, 4) is 0 Å². The van der Waals surface area contributed by atoms with Crippen LogP contribution in [0.4, 0.5) is 0 Å². The first-order valence-corrected chi connectivity index (χ1v) is 3.95. The highest BCUT2D eigenvalue weighted by Gasteiger charge is 1.99. The van der Waals surface area contributed by atoms with Gasteiger partial charge >= 0.3 is 0 Å². The van der Waals surface area contributed by atoms with Gasteiger partial charge < -0.3 is 5.11 Å². The monoisotopic (exact) mass is 204 g/mol. The summed E-state index contributed by atoms with van der Waals surface area (Å²) in [7, 11) is 0. The van der Waals surface area contributed by atoms with E-state index in [2.05, 4.69) is 10.2 Å². The van der Waals surface area contributed by atoms with Crippen LogP contribution in [0.3, 0.4) is 0 Å². The second kappa shape index (κ2) is 4.40. The van der Waals surface area contributed by atoms with E-state index in [1.54, 1.807) is 18.2 Å². The van der Waals surface area contributed by atoms with E-state index in [1.165, 1.54) is 0 Å². The average Bonchev–Trinajstić information content (AvgIpc) is 2.07. The molecule has 0 unspecified atom stereocenters. The lowest BCUT2D eigenvalue weighted by atomic mass is 10.3. The normalized spacial score (nSPS) is 10.9. The van der Waals surface area contributed by atoms with Gasteiger partial charge in [-0.1, -0.05) is 35.4 Å². The summed E-state index contributed by atoms with van der Waals surface area (Å²) in [6, 6.07) is 1.57. The van der Waals surface area contributed by atoms with Crippen molar-refractivity contribution in [3.05, 3.63) is 28.0 Å². The Morgan fingerprint density at radius 3 is 2.83 bits per heavy atom. The molecule has 1 heterocycles. The molecule has 0 atom stereocenters. The molecule has 1 aromatic heterocycles. The SMILES string of the molecule is OC/C=C/c1cc(Cl)nnc1Cl. The van der Waals surface area contributed by atoms with Gasteiger partial charge in [-0.05, 0) is 6.07 Å². The molecule has 5 heteroatoms. The van der Waals surface area contributed by atoms with Gasteiger partial charge in [0, 0.05) is 5.56 Å². The minimum absolute atomic E-state index is 0.0454. The standard InChI is InChI=1S/C7H6Cl2N2O/c8-6-4-5(2-1-3-12)7(9)11-10-6/h1-2,4,12H,3H2/b2-1+. The van der Waals surface area contributed by atoms with Crippen LogP contribution < -0.4 is 0 Å². The van der Waals surface area contributed by atoms with E-state index >= 15 is 0 Å². The number of nitrogens with zero attached hydrogens (tertiary/aromatic N) is 2. The van der Waals surface area contributed by atoms with E-state index in [4.69, 9.17) is 28.3 Å². The van der Waals surface area contributed by atoms with Crippen molar-refractivity contribution in [1.29, 1.82) is 0 Å². The van der Waals surface area contributed by atoms with Gasteiger partial charge in [0.2, 0.25) is 0 Å². The first-order chi connectivity index (χ1) is 5.74. The summed E-state index contributed by atoms with van der Waals surface area (Å²) in [5, 5.41) is 16.1. The minimum Gasteiger partial charge on any atom is -0.392 e. The first kappa shape index (κ1) is 9.45. The number of aliphatic hydroxyl groups is 1. The zero-order chi connectivity index (χ0) is 8.97. The topological polar surface area (TPSA) is 46.0 Å². The maximum absolute atomic E-state index is 8.49. The third-order valence-electron chi connectivity index (χ3n) is 1.15. The average molecular weight is 205 g/mol. The van der Waals surface area contributed by atoms with Crippen molar-refractivity contribution in [3.63, 3.8) is 0 Å². The lowest BCUT2D eigenvalue weighted by Gasteiger charge is -1.95. The molecule has 1 N–H and O–H groups in total. The van der Waals surface area contributed by atoms with Crippen molar-refractivity contribution >= 4 is 29.3 Å². The highest BCUT2D eigenvalue weighted by molar-refractivity contribution is 6.32. The Bertz CT molecular complexity index is 301. The molecule has 0 saturated carbocycles. The Morgan fingerprint density at radius 2 is 2.17 bits per heavy atom. The first-order valence-electron chi connectivity index (χ1n) is 3.20. The van der Waals surface area contributed by atoms with Crippen LogP contribution in [0.1, 0.15) is 5.56 Å². The molecule has 0 saturated heterocycles. The smallest absolute Gasteiger partial charge is 0.159 e. The van der Waals surface area contributed by atoms with Gasteiger partial charge in [0.25, 0.3) is 0 Å². The molecule has 1 rings (SSSR count). The third kappa shape index (κ3) is 2.44. The maximum Gasteiger partial charge on any atom is 0.159 e. The molecule has 0 bridgehead atoms. The number of rotatable bonds is 2. The molecule has 64 valence electrons. The molecule has 0 fully saturated rings. The molecule has 0 radical (unpaired) electrons. The number of aromatic nitrogens is 2. The van der Waals surface area contributed by atoms with E-state index in [0.29, 0.717) is 5.56 Å². The predicted molar refractivity (Wildman–Crippen MR) is 48.2 cm³/mol. The number of aliphatic hydroxyl groups excluding tert-OH is 1. The van der Waals surface area contributed by atoms with Crippen molar-refractivity contribution in [2.45, 2.75) is 0 Å². The summed E-state index contributed by atoms with van der Waals surface area (Å²) in [4.78, 5) is 0. The van der Waals surface area contributed by atoms with Crippen LogP contribution in [0.5, 0.6) is 0 Å². The fourth-order valence-electron chi connectivity index (χ4n) is 0.663. The molecule has 3 nitrogen and oxygen atoms in total. The van der Waals surface area contributed by atoms with Gasteiger partial charge in [-0.15, -0.1) is 10.2 Å². The number of hydrogen-bond donors (Lipinski definition) is 1. The maximum atomic E-state index is 8.49. The quantitative estimate of drug-likeness (QED) is 0.800. The van der Waals surface area contributed by atoms with E-state index < -0.39 is 0 Å². The van der Waals surface area contributed by atoms with E-state index in [0.717, 1.165) is 0 Å². The van der Waals surface area contributed by atoms with Crippen molar-refractivity contribution < 1.29 is 5.11 Å². The van der Waals surface area contributed by atoms with Crippen LogP contribution in [-0.2, 0) is 0 Å². The summed E-state index contributed by atoms with van der Waals surface area (Å²) < 4.78 is 0. The second-order valence-corrected chi connectivity index (χ2v) is 2.74. The van der Waals surface area contributed by atoms with Gasteiger partial charge in [0.15, 0.2) is 10.3 Å². The van der Waals surface area contributed by atoms with E-state index in [-0.39, 0.29) is 16.9 Å². The van der Waals surface area contributed by atoms with Crippen LogP contribution in [-0.4, -0.2) is 21.9 Å². The Labute approximate surface area is 79.6 Å². The van der Waals surface area contributed by atoms with E-state index in [1.807, 2.05) is 0 Å². The zero-order valence-corrected chi connectivity index (χ0v) is 7.55. The molecule has 0 aliphatic heterocycles. The summed E-state index contributed by atoms with van der Waals surface area (Å²) in [6.07, 6.45) is 3.17. The number of halogens is 2. The van der Waals surface area contributed by atoms with Gasteiger partial charge in [-0.25, -0.2) is 0 Å². The van der Waals surface area contributed by atoms with Crippen LogP contribution in [0.15, 0.2) is 12.1 Å². The molecular formula is C7H6Cl2N2O. The molecule has 0 aliphatic rings. The van der Waals surface area contributed by atoms with Crippen LogP contribution in [0.25, 0.3) is 6.08 Å². The lowest BCUT2D eigenvalue weighted by Crippen LogP contribution is -1.86. The molecule has 0 aromatic carbocycles. The minimum atomic E-state index is -0.0454. The Balaban J connectivity index is 2.97. The summed E-state index contributed by atoms with van der Waals surface area (Å²) in [5.41, 5.74) is 0.644. The third-order valence-corrected chi connectivity index (χ3v) is 1.63. The highest BCUT2D eigenvalue weighted by atomic mass is 35.5. The lowest BCUT2D eigenvalue weighted by molar-refractivity contribution is 0.343. The Kier molecular flexibility index (Phi) is 3.47. The molecule has 0 spiro atoms. The largest absolute Gasteiger partial charge is 0.392 e. The van der Waals surface area contributed by atoms with Crippen molar-refractivity contribution in [2.75, 3.05) is 6.61 Å². The summed E-state index contributed by atoms with van der Waals surface area (Å²) >= 11 is 11.2. The Morgan fingerprint density at radius 1 is 1.42 bits per heavy atom. The van der Waals surface area contributed by atoms with Crippen molar-refractivity contribution in [2.24, 2.45) is 0 Å². The molecule has 0 amide bonds. The molecule has 1 aromatic rings. The van der Waals surface area contributed by atoms with Crippen LogP contribution in [0, 0.1) is 0 Å². The fraction of sp³-hybridized carbons (Fsp3) is 0.143. The van der Waals surface area contributed by atoms with Gasteiger partial charge in [0.1, 0.15) is 0 Å². The summed E-state index contributed by atoms with van der Waals surface area (Å²) in [6.45, 7) is -0.0454. The number of hydrogen-bond acceptors (Lipinski definition) is 3. The predicted octanol–water partition coefficient (Wildman–Crippen LogP) is 1.79. The molecule has 0 aliphatic carbocycles. The molecule has 12 heavy (non-hydrogen) atoms. The molecular weight excluding hydrogens is 199 g/mol.